The molecule has 0 spiro atoms. The van der Waals surface area contributed by atoms with Crippen LogP contribution in [0.2, 0.25) is 5.02 Å². The molecule has 1 N–H and O–H groups in total. The number of halogens is 2. The number of guanidine groups is 1. The van der Waals surface area contributed by atoms with E-state index in [9.17, 15) is 0 Å². The first-order valence-corrected chi connectivity index (χ1v) is 9.40. The fourth-order valence-corrected chi connectivity index (χ4v) is 3.31. The molecule has 8 heteroatoms. The standard InChI is InChI=1S/C19H31ClN4O2.HI/c1-21-18(22-15-19(23(2)3)8-11-25-12-9-19)24(4)10-13-26-17-7-5-6-16(20)14-17;/h5-7,14H,8-13,15H2,1-4H3,(H,21,22);1H. The van der Waals surface area contributed by atoms with Gasteiger partial charge < -0.3 is 24.6 Å². The van der Waals surface area contributed by atoms with Gasteiger partial charge >= 0.3 is 0 Å². The van der Waals surface area contributed by atoms with Crippen LogP contribution >= 0.6 is 35.6 Å². The minimum Gasteiger partial charge on any atom is -0.492 e. The third-order valence-electron chi connectivity index (χ3n) is 5.01. The molecule has 0 aromatic heterocycles. The number of rotatable bonds is 7. The molecule has 0 aliphatic carbocycles. The highest BCUT2D eigenvalue weighted by Gasteiger charge is 2.35. The molecule has 1 aromatic rings. The van der Waals surface area contributed by atoms with Gasteiger partial charge in [0.1, 0.15) is 12.4 Å². The summed E-state index contributed by atoms with van der Waals surface area (Å²) in [6, 6.07) is 7.45. The molecule has 0 radical (unpaired) electrons. The first kappa shape index (κ1) is 24.3. The SMILES string of the molecule is CN=C(NCC1(N(C)C)CCOCC1)N(C)CCOc1cccc(Cl)c1.I. The Morgan fingerprint density at radius 3 is 2.59 bits per heavy atom. The molecule has 27 heavy (non-hydrogen) atoms. The summed E-state index contributed by atoms with van der Waals surface area (Å²) in [5.41, 5.74) is 0.103. The highest BCUT2D eigenvalue weighted by Crippen LogP contribution is 2.25. The van der Waals surface area contributed by atoms with Crippen molar-refractivity contribution in [1.29, 1.82) is 0 Å². The van der Waals surface area contributed by atoms with Crippen molar-refractivity contribution in [3.8, 4) is 5.75 Å². The summed E-state index contributed by atoms with van der Waals surface area (Å²) in [4.78, 5) is 8.79. The van der Waals surface area contributed by atoms with Crippen LogP contribution in [0.4, 0.5) is 0 Å². The summed E-state index contributed by atoms with van der Waals surface area (Å²) in [7, 11) is 8.10. The number of aliphatic imine (C=N–C) groups is 1. The van der Waals surface area contributed by atoms with E-state index in [1.165, 1.54) is 0 Å². The van der Waals surface area contributed by atoms with Gasteiger partial charge in [-0.1, -0.05) is 17.7 Å². The maximum Gasteiger partial charge on any atom is 0.193 e. The molecule has 6 nitrogen and oxygen atoms in total. The Morgan fingerprint density at radius 1 is 1.30 bits per heavy atom. The zero-order valence-electron chi connectivity index (χ0n) is 16.7. The van der Waals surface area contributed by atoms with Crippen LogP contribution in [0.5, 0.6) is 5.75 Å². The molecular formula is C19H32ClIN4O2. The highest BCUT2D eigenvalue weighted by atomic mass is 127. The van der Waals surface area contributed by atoms with Crippen molar-refractivity contribution in [2.45, 2.75) is 18.4 Å². The van der Waals surface area contributed by atoms with Crippen molar-refractivity contribution < 1.29 is 9.47 Å². The third-order valence-corrected chi connectivity index (χ3v) is 5.25. The quantitative estimate of drug-likeness (QED) is 0.347. The second kappa shape index (κ2) is 11.9. The second-order valence-corrected chi connectivity index (χ2v) is 7.30. The van der Waals surface area contributed by atoms with Crippen LogP contribution in [0.15, 0.2) is 29.3 Å². The number of benzene rings is 1. The average molecular weight is 511 g/mol. The predicted octanol–water partition coefficient (Wildman–Crippen LogP) is 2.95. The van der Waals surface area contributed by atoms with Crippen molar-refractivity contribution in [2.24, 2.45) is 4.99 Å². The molecule has 0 atom stereocenters. The predicted molar refractivity (Wildman–Crippen MR) is 123 cm³/mol. The van der Waals surface area contributed by atoms with Gasteiger partial charge in [0, 0.05) is 44.4 Å². The van der Waals surface area contributed by atoms with Crippen LogP contribution in [-0.4, -0.2) is 82.4 Å². The van der Waals surface area contributed by atoms with Crippen molar-refractivity contribution in [3.05, 3.63) is 29.3 Å². The molecule has 0 unspecified atom stereocenters. The Kier molecular flexibility index (Phi) is 10.7. The molecule has 1 aromatic carbocycles. The van der Waals surface area contributed by atoms with Gasteiger partial charge in [-0.05, 0) is 45.1 Å². The summed E-state index contributed by atoms with van der Waals surface area (Å²) in [6.07, 6.45) is 2.04. The molecule has 0 bridgehead atoms. The van der Waals surface area contributed by atoms with Crippen molar-refractivity contribution in [2.75, 3.05) is 61.1 Å². The van der Waals surface area contributed by atoms with Crippen molar-refractivity contribution >= 4 is 41.5 Å². The van der Waals surface area contributed by atoms with Gasteiger partial charge in [-0.3, -0.25) is 4.99 Å². The molecule has 1 saturated heterocycles. The summed E-state index contributed by atoms with van der Waals surface area (Å²) in [5.74, 6) is 1.65. The van der Waals surface area contributed by atoms with Crippen molar-refractivity contribution in [3.63, 3.8) is 0 Å². The van der Waals surface area contributed by atoms with E-state index >= 15 is 0 Å². The van der Waals surface area contributed by atoms with Crippen LogP contribution in [-0.2, 0) is 4.74 Å². The lowest BCUT2D eigenvalue weighted by atomic mass is 9.88. The van der Waals surface area contributed by atoms with Crippen LogP contribution in [0.25, 0.3) is 0 Å². The van der Waals surface area contributed by atoms with Gasteiger partial charge in [0.05, 0.1) is 6.54 Å². The molecule has 0 saturated carbocycles. The van der Waals surface area contributed by atoms with E-state index in [0.717, 1.165) is 50.9 Å². The summed E-state index contributed by atoms with van der Waals surface area (Å²) in [5, 5.41) is 4.20. The van der Waals surface area contributed by atoms with E-state index in [1.54, 1.807) is 0 Å². The minimum atomic E-state index is 0. The number of nitrogens with zero attached hydrogens (tertiary/aromatic N) is 3. The topological polar surface area (TPSA) is 49.3 Å². The molecular weight excluding hydrogens is 479 g/mol. The van der Waals surface area contributed by atoms with E-state index in [0.29, 0.717) is 11.6 Å². The Hall–Kier alpha value is -0.770. The monoisotopic (exact) mass is 510 g/mol. The number of nitrogens with one attached hydrogen (secondary N) is 1. The van der Waals surface area contributed by atoms with E-state index < -0.39 is 0 Å². The first-order valence-electron chi connectivity index (χ1n) is 9.02. The number of hydrogen-bond acceptors (Lipinski definition) is 4. The van der Waals surface area contributed by atoms with Crippen molar-refractivity contribution in [1.82, 2.24) is 15.1 Å². The van der Waals surface area contributed by atoms with Crippen LogP contribution in [0, 0.1) is 0 Å². The lowest BCUT2D eigenvalue weighted by Crippen LogP contribution is -2.57. The zero-order chi connectivity index (χ0) is 19.0. The minimum absolute atomic E-state index is 0. The normalized spacial score (nSPS) is 16.6. The van der Waals surface area contributed by atoms with Gasteiger partial charge in [-0.15, -0.1) is 24.0 Å². The zero-order valence-corrected chi connectivity index (χ0v) is 19.8. The summed E-state index contributed by atoms with van der Waals surface area (Å²) >= 11 is 5.98. The average Bonchev–Trinajstić information content (AvgIpc) is 2.63. The van der Waals surface area contributed by atoms with Crippen LogP contribution < -0.4 is 10.1 Å². The smallest absolute Gasteiger partial charge is 0.193 e. The van der Waals surface area contributed by atoms with Gasteiger partial charge in [0.15, 0.2) is 5.96 Å². The van der Waals surface area contributed by atoms with Gasteiger partial charge in [0.25, 0.3) is 0 Å². The molecule has 1 aliphatic rings. The van der Waals surface area contributed by atoms with Gasteiger partial charge in [0.2, 0.25) is 0 Å². The molecule has 2 rings (SSSR count). The summed E-state index contributed by atoms with van der Waals surface area (Å²) in [6.45, 7) is 3.74. The molecule has 154 valence electrons. The first-order chi connectivity index (χ1) is 12.5. The van der Waals surface area contributed by atoms with E-state index in [-0.39, 0.29) is 29.5 Å². The maximum atomic E-state index is 5.98. The second-order valence-electron chi connectivity index (χ2n) is 6.86. The Morgan fingerprint density at radius 2 is 2.00 bits per heavy atom. The largest absolute Gasteiger partial charge is 0.492 e. The van der Waals surface area contributed by atoms with Gasteiger partial charge in [-0.2, -0.15) is 0 Å². The van der Waals surface area contributed by atoms with E-state index in [2.05, 4.69) is 34.2 Å². The van der Waals surface area contributed by atoms with Crippen LogP contribution in [0.1, 0.15) is 12.8 Å². The van der Waals surface area contributed by atoms with Gasteiger partial charge in [-0.25, -0.2) is 0 Å². The highest BCUT2D eigenvalue weighted by molar-refractivity contribution is 14.0. The number of likely N-dealkylation sites (N-methyl/N-ethyl adjacent to an activating group) is 2. The Balaban J connectivity index is 0.00000364. The number of hydrogen-bond donors (Lipinski definition) is 1. The fraction of sp³-hybridized carbons (Fsp3) is 0.632. The molecule has 0 amide bonds. The molecule has 1 fully saturated rings. The molecule has 1 heterocycles. The van der Waals surface area contributed by atoms with Crippen LogP contribution in [0.3, 0.4) is 0 Å². The lowest BCUT2D eigenvalue weighted by Gasteiger charge is -2.43. The maximum absolute atomic E-state index is 5.98. The summed E-state index contributed by atoms with van der Waals surface area (Å²) < 4.78 is 11.3. The number of ether oxygens (including phenoxy) is 2. The van der Waals surface area contributed by atoms with E-state index in [1.807, 2.05) is 38.4 Å². The molecule has 1 aliphatic heterocycles. The van der Waals surface area contributed by atoms with E-state index in [4.69, 9.17) is 21.1 Å². The fourth-order valence-electron chi connectivity index (χ4n) is 3.12. The Labute approximate surface area is 185 Å². The Bertz CT molecular complexity index is 595. The third kappa shape index (κ3) is 7.29. The lowest BCUT2D eigenvalue weighted by molar-refractivity contribution is -0.00522.